The van der Waals surface area contributed by atoms with Gasteiger partial charge in [-0.05, 0) is 103 Å². The summed E-state index contributed by atoms with van der Waals surface area (Å²) in [6.07, 6.45) is 2.11. The van der Waals surface area contributed by atoms with Gasteiger partial charge in [0.15, 0.2) is 5.11 Å². The van der Waals surface area contributed by atoms with Gasteiger partial charge in [0.25, 0.3) is 0 Å². The Kier molecular flexibility index (Phi) is 7.63. The lowest BCUT2D eigenvalue weighted by molar-refractivity contribution is -0.116. The van der Waals surface area contributed by atoms with Crippen molar-refractivity contribution in [2.24, 2.45) is 0 Å². The first kappa shape index (κ1) is 26.1. The van der Waals surface area contributed by atoms with Crippen molar-refractivity contribution < 1.29 is 4.79 Å². The summed E-state index contributed by atoms with van der Waals surface area (Å²) >= 11 is 9.55. The topological polar surface area (TPSA) is 62.2 Å². The summed E-state index contributed by atoms with van der Waals surface area (Å²) in [5.74, 6) is -0.0443. The van der Waals surface area contributed by atoms with Crippen LogP contribution in [0.3, 0.4) is 0 Å². The summed E-state index contributed by atoms with van der Waals surface area (Å²) in [4.78, 5) is 19.7. The number of pyridine rings is 1. The third kappa shape index (κ3) is 5.24. The number of amides is 1. The standard InChI is InChI=1S/C30H30BrN5OS/c1-19-9-8-10-22(17-19)33-27(37)14-16-35-29(28(34-30(35)38)25-12-6-7-15-32-25)23-18-20(2)36(21(23)3)26-13-5-4-11-24(26)31/h4-13,15,17-18,28-29H,14,16H2,1-3H3,(H,33,37)(H,34,38). The molecular formula is C30H30BrN5OS. The number of aromatic nitrogens is 2. The number of nitrogens with one attached hydrogen (secondary N) is 2. The lowest BCUT2D eigenvalue weighted by Crippen LogP contribution is -2.32. The summed E-state index contributed by atoms with van der Waals surface area (Å²) in [6.45, 7) is 6.75. The Morgan fingerprint density at radius 1 is 1.05 bits per heavy atom. The molecule has 0 aliphatic carbocycles. The zero-order valence-electron chi connectivity index (χ0n) is 21.6. The van der Waals surface area contributed by atoms with Crippen LogP contribution >= 0.6 is 28.1 Å². The molecule has 2 aromatic carbocycles. The Bertz CT molecular complexity index is 1490. The van der Waals surface area contributed by atoms with Crippen molar-refractivity contribution in [1.82, 2.24) is 19.8 Å². The second kappa shape index (κ2) is 11.1. The second-order valence-corrected chi connectivity index (χ2v) is 10.8. The van der Waals surface area contributed by atoms with Gasteiger partial charge in [0, 0.05) is 40.7 Å². The average molecular weight is 589 g/mol. The number of carbonyl (C=O) groups excluding carboxylic acids is 1. The molecule has 1 amide bonds. The molecule has 0 radical (unpaired) electrons. The quantitative estimate of drug-likeness (QED) is 0.240. The van der Waals surface area contributed by atoms with Crippen molar-refractivity contribution >= 4 is 44.9 Å². The molecule has 2 atom stereocenters. The SMILES string of the molecule is Cc1cccc(NC(=O)CCN2C(=S)NC(c3ccccn3)C2c2cc(C)n(-c3ccccc3Br)c2C)c1. The van der Waals surface area contributed by atoms with Crippen LogP contribution in [0.5, 0.6) is 0 Å². The third-order valence-electron chi connectivity index (χ3n) is 6.96. The van der Waals surface area contributed by atoms with E-state index in [1.165, 1.54) is 0 Å². The second-order valence-electron chi connectivity index (χ2n) is 9.60. The van der Waals surface area contributed by atoms with Crippen molar-refractivity contribution in [1.29, 1.82) is 0 Å². The number of nitrogens with zero attached hydrogens (tertiary/aromatic N) is 3. The molecule has 5 rings (SSSR count). The minimum Gasteiger partial charge on any atom is -0.352 e. The Morgan fingerprint density at radius 2 is 1.84 bits per heavy atom. The largest absolute Gasteiger partial charge is 0.352 e. The smallest absolute Gasteiger partial charge is 0.226 e. The van der Waals surface area contributed by atoms with E-state index in [0.717, 1.165) is 44.1 Å². The summed E-state index contributed by atoms with van der Waals surface area (Å²) in [5, 5.41) is 7.15. The highest BCUT2D eigenvalue weighted by molar-refractivity contribution is 9.10. The molecule has 0 bridgehead atoms. The van der Waals surface area contributed by atoms with Crippen LogP contribution < -0.4 is 10.6 Å². The number of carbonyl (C=O) groups is 1. The fourth-order valence-electron chi connectivity index (χ4n) is 5.24. The Balaban J connectivity index is 1.48. The minimum atomic E-state index is -0.142. The van der Waals surface area contributed by atoms with E-state index in [2.05, 4.69) is 73.1 Å². The highest BCUT2D eigenvalue weighted by Crippen LogP contribution is 2.42. The molecule has 2 aromatic heterocycles. The number of hydrogen-bond acceptors (Lipinski definition) is 3. The van der Waals surface area contributed by atoms with Gasteiger partial charge in [-0.15, -0.1) is 0 Å². The summed E-state index contributed by atoms with van der Waals surface area (Å²) < 4.78 is 3.29. The maximum absolute atomic E-state index is 12.9. The molecule has 1 fully saturated rings. The Hall–Kier alpha value is -3.49. The summed E-state index contributed by atoms with van der Waals surface area (Å²) in [5.41, 5.74) is 7.31. The number of para-hydroxylation sites is 1. The maximum atomic E-state index is 12.9. The molecule has 2 unspecified atom stereocenters. The lowest BCUT2D eigenvalue weighted by atomic mass is 9.96. The molecular weight excluding hydrogens is 558 g/mol. The molecule has 1 aliphatic rings. The highest BCUT2D eigenvalue weighted by Gasteiger charge is 2.41. The van der Waals surface area contributed by atoms with Crippen molar-refractivity contribution in [3.8, 4) is 5.69 Å². The molecule has 1 saturated heterocycles. The van der Waals surface area contributed by atoms with E-state index >= 15 is 0 Å². The first-order chi connectivity index (χ1) is 18.3. The van der Waals surface area contributed by atoms with E-state index < -0.39 is 0 Å². The van der Waals surface area contributed by atoms with Gasteiger partial charge in [-0.2, -0.15) is 0 Å². The minimum absolute atomic E-state index is 0.0443. The van der Waals surface area contributed by atoms with Gasteiger partial charge in [-0.1, -0.05) is 30.3 Å². The average Bonchev–Trinajstić information content (AvgIpc) is 3.38. The zero-order valence-corrected chi connectivity index (χ0v) is 24.0. The molecule has 0 spiro atoms. The molecule has 4 aromatic rings. The molecule has 38 heavy (non-hydrogen) atoms. The van der Waals surface area contributed by atoms with Crippen LogP contribution in [0.2, 0.25) is 0 Å². The van der Waals surface area contributed by atoms with Gasteiger partial charge in [0.05, 0.1) is 23.5 Å². The van der Waals surface area contributed by atoms with E-state index in [-0.39, 0.29) is 18.0 Å². The predicted molar refractivity (Wildman–Crippen MR) is 160 cm³/mol. The number of benzene rings is 2. The van der Waals surface area contributed by atoms with Gasteiger partial charge < -0.3 is 20.1 Å². The van der Waals surface area contributed by atoms with Gasteiger partial charge in [0.2, 0.25) is 5.91 Å². The van der Waals surface area contributed by atoms with Crippen LogP contribution in [-0.4, -0.2) is 32.0 Å². The lowest BCUT2D eigenvalue weighted by Gasteiger charge is -2.28. The van der Waals surface area contributed by atoms with E-state index in [1.54, 1.807) is 6.20 Å². The number of aryl methyl sites for hydroxylation is 2. The predicted octanol–water partition coefficient (Wildman–Crippen LogP) is 6.56. The van der Waals surface area contributed by atoms with Gasteiger partial charge >= 0.3 is 0 Å². The number of anilines is 1. The van der Waals surface area contributed by atoms with Crippen LogP contribution in [-0.2, 0) is 4.79 Å². The normalized spacial score (nSPS) is 16.9. The molecule has 8 heteroatoms. The van der Waals surface area contributed by atoms with Crippen molar-refractivity contribution in [2.45, 2.75) is 39.3 Å². The van der Waals surface area contributed by atoms with E-state index in [9.17, 15) is 4.79 Å². The number of halogens is 1. The van der Waals surface area contributed by atoms with E-state index in [1.807, 2.05) is 61.5 Å². The molecule has 6 nitrogen and oxygen atoms in total. The number of rotatable bonds is 7. The van der Waals surface area contributed by atoms with Gasteiger partial charge in [0.1, 0.15) is 0 Å². The molecule has 1 aliphatic heterocycles. The number of hydrogen-bond donors (Lipinski definition) is 2. The Labute approximate surface area is 237 Å². The molecule has 194 valence electrons. The molecule has 0 saturated carbocycles. The third-order valence-corrected chi connectivity index (χ3v) is 7.98. The number of thiocarbonyl (C=S) groups is 1. The molecule has 3 heterocycles. The highest BCUT2D eigenvalue weighted by atomic mass is 79.9. The Morgan fingerprint density at radius 3 is 2.58 bits per heavy atom. The van der Waals surface area contributed by atoms with Crippen LogP contribution in [0.25, 0.3) is 5.69 Å². The maximum Gasteiger partial charge on any atom is 0.226 e. The zero-order chi connectivity index (χ0) is 26.8. The van der Waals surface area contributed by atoms with Crippen molar-refractivity contribution in [2.75, 3.05) is 11.9 Å². The van der Waals surface area contributed by atoms with Gasteiger partial charge in [-0.3, -0.25) is 9.78 Å². The first-order valence-corrected chi connectivity index (χ1v) is 13.8. The monoisotopic (exact) mass is 587 g/mol. The van der Waals surface area contributed by atoms with E-state index in [0.29, 0.717) is 18.1 Å². The van der Waals surface area contributed by atoms with Gasteiger partial charge in [-0.25, -0.2) is 0 Å². The van der Waals surface area contributed by atoms with Crippen LogP contribution in [0.15, 0.2) is 83.5 Å². The van der Waals surface area contributed by atoms with Crippen LogP contribution in [0.1, 0.15) is 46.7 Å². The summed E-state index contributed by atoms with van der Waals surface area (Å²) in [6, 6.07) is 23.9. The molecule has 2 N–H and O–H groups in total. The van der Waals surface area contributed by atoms with Crippen molar-refractivity contribution in [3.05, 3.63) is 112 Å². The fraction of sp³-hybridized carbons (Fsp3) is 0.233. The fourth-order valence-corrected chi connectivity index (χ4v) is 6.04. The van der Waals surface area contributed by atoms with Crippen molar-refractivity contribution in [3.63, 3.8) is 0 Å². The summed E-state index contributed by atoms with van der Waals surface area (Å²) in [7, 11) is 0. The first-order valence-electron chi connectivity index (χ1n) is 12.6. The van der Waals surface area contributed by atoms with E-state index in [4.69, 9.17) is 12.2 Å². The van der Waals surface area contributed by atoms with Crippen LogP contribution in [0, 0.1) is 20.8 Å². The van der Waals surface area contributed by atoms with Crippen LogP contribution in [0.4, 0.5) is 5.69 Å².